The van der Waals surface area contributed by atoms with Crippen molar-refractivity contribution in [3.63, 3.8) is 0 Å². The monoisotopic (exact) mass is 344 g/mol. The summed E-state index contributed by atoms with van der Waals surface area (Å²) in [6, 6.07) is 3.76. The minimum atomic E-state index is -2.68. The highest BCUT2D eigenvalue weighted by Gasteiger charge is 2.30. The first kappa shape index (κ1) is 21.0. The van der Waals surface area contributed by atoms with Crippen molar-refractivity contribution < 1.29 is 24.1 Å². The van der Waals surface area contributed by atoms with E-state index in [1.807, 2.05) is 0 Å². The second-order valence-corrected chi connectivity index (χ2v) is 6.58. The Bertz CT molecular complexity index is 472. The van der Waals surface area contributed by atoms with Crippen molar-refractivity contribution in [2.75, 3.05) is 0 Å². The van der Waals surface area contributed by atoms with E-state index in [-0.39, 0.29) is 0 Å². The van der Waals surface area contributed by atoms with Crippen molar-refractivity contribution in [1.29, 1.82) is 0 Å². The smallest absolute Gasteiger partial charge is 0.278 e. The van der Waals surface area contributed by atoms with E-state index in [1.165, 1.54) is 25.3 Å². The van der Waals surface area contributed by atoms with Crippen LogP contribution in [0.5, 0.6) is 0 Å². The summed E-state index contributed by atoms with van der Waals surface area (Å²) in [6.07, 6.45) is 8.55. The molecule has 0 spiro atoms. The van der Waals surface area contributed by atoms with Crippen LogP contribution >= 0.6 is 0 Å². The average Bonchev–Trinajstić information content (AvgIpc) is 2.51. The Morgan fingerprint density at radius 1 is 0.875 bits per heavy atom. The van der Waals surface area contributed by atoms with Crippen LogP contribution < -0.4 is 0 Å². The van der Waals surface area contributed by atoms with Crippen LogP contribution in [0.3, 0.4) is 0 Å². The number of unbranched alkanes of at least 4 members (excludes halogenated alkanes) is 5. The van der Waals surface area contributed by atoms with Gasteiger partial charge in [0.1, 0.15) is 0 Å². The third kappa shape index (κ3) is 8.18. The molecule has 1 rings (SSSR count). The van der Waals surface area contributed by atoms with Gasteiger partial charge in [-0.15, -0.1) is 0 Å². The molecule has 5 heteroatoms. The van der Waals surface area contributed by atoms with Gasteiger partial charge in [-0.25, -0.2) is 8.78 Å². The van der Waals surface area contributed by atoms with E-state index in [1.54, 1.807) is 0 Å². The molecular formula is C19H30F2O3. The Kier molecular flexibility index (Phi) is 9.41. The Labute approximate surface area is 143 Å². The summed E-state index contributed by atoms with van der Waals surface area (Å²) in [5.41, 5.74) is 0.659. The van der Waals surface area contributed by atoms with Crippen LogP contribution in [0.2, 0.25) is 0 Å². The minimum Gasteiger partial charge on any atom is -0.343 e. The number of hydrogen-bond acceptors (Lipinski definition) is 3. The first-order chi connectivity index (χ1) is 11.3. The third-order valence-corrected chi connectivity index (χ3v) is 4.46. The molecule has 0 fully saturated rings. The lowest BCUT2D eigenvalue weighted by Crippen LogP contribution is -2.37. The van der Waals surface area contributed by atoms with Crippen LogP contribution in [0, 0.1) is 17.6 Å². The van der Waals surface area contributed by atoms with Crippen LogP contribution in [-0.4, -0.2) is 21.3 Å². The van der Waals surface area contributed by atoms with E-state index in [9.17, 15) is 24.1 Å². The summed E-state index contributed by atoms with van der Waals surface area (Å²) < 4.78 is 26.0. The molecule has 24 heavy (non-hydrogen) atoms. The molecule has 0 aromatic heterocycles. The zero-order valence-corrected chi connectivity index (χ0v) is 14.5. The molecule has 138 valence electrons. The third-order valence-electron chi connectivity index (χ3n) is 4.46. The zero-order valence-electron chi connectivity index (χ0n) is 14.5. The highest BCUT2D eigenvalue weighted by Crippen LogP contribution is 2.25. The van der Waals surface area contributed by atoms with Crippen LogP contribution in [0.4, 0.5) is 8.78 Å². The van der Waals surface area contributed by atoms with E-state index in [0.717, 1.165) is 31.4 Å². The Hall–Kier alpha value is -1.04. The first-order valence-corrected chi connectivity index (χ1v) is 8.95. The number of rotatable bonds is 12. The summed E-state index contributed by atoms with van der Waals surface area (Å²) in [6.45, 7) is 2.15. The molecule has 1 atom stereocenters. The normalized spacial score (nSPS) is 13.2. The molecule has 0 radical (unpaired) electrons. The van der Waals surface area contributed by atoms with Crippen LogP contribution in [0.1, 0.15) is 70.3 Å². The highest BCUT2D eigenvalue weighted by atomic mass is 19.2. The molecule has 0 saturated heterocycles. The van der Waals surface area contributed by atoms with E-state index < -0.39 is 23.5 Å². The summed E-state index contributed by atoms with van der Waals surface area (Å²) in [7, 11) is 0. The summed E-state index contributed by atoms with van der Waals surface area (Å²) >= 11 is 0. The fraction of sp³-hybridized carbons (Fsp3) is 0.684. The summed E-state index contributed by atoms with van der Waals surface area (Å²) in [5, 5.41) is 28.5. The molecule has 0 heterocycles. The van der Waals surface area contributed by atoms with Crippen LogP contribution in [0.15, 0.2) is 18.2 Å². The van der Waals surface area contributed by atoms with Gasteiger partial charge in [-0.1, -0.05) is 51.5 Å². The predicted molar refractivity (Wildman–Crippen MR) is 90.2 cm³/mol. The quantitative estimate of drug-likeness (QED) is 0.392. The molecule has 1 aromatic carbocycles. The Morgan fingerprint density at radius 3 is 2.12 bits per heavy atom. The zero-order chi connectivity index (χ0) is 18.0. The molecule has 1 unspecified atom stereocenters. The molecule has 3 nitrogen and oxygen atoms in total. The lowest BCUT2D eigenvalue weighted by Gasteiger charge is -2.26. The molecule has 0 saturated carbocycles. The number of aryl methyl sites for hydroxylation is 1. The lowest BCUT2D eigenvalue weighted by atomic mass is 9.92. The van der Waals surface area contributed by atoms with Crippen molar-refractivity contribution in [2.24, 2.45) is 5.92 Å². The second-order valence-electron chi connectivity index (χ2n) is 6.58. The Balaban J connectivity index is 2.36. The molecule has 0 aliphatic carbocycles. The summed E-state index contributed by atoms with van der Waals surface area (Å²) in [4.78, 5) is 0. The van der Waals surface area contributed by atoms with Gasteiger partial charge in [-0.2, -0.15) is 0 Å². The van der Waals surface area contributed by atoms with Crippen LogP contribution in [0.25, 0.3) is 0 Å². The van der Waals surface area contributed by atoms with Gasteiger partial charge in [0.05, 0.1) is 0 Å². The maximum absolute atomic E-state index is 13.2. The van der Waals surface area contributed by atoms with Gasteiger partial charge in [0.25, 0.3) is 5.97 Å². The van der Waals surface area contributed by atoms with Crippen molar-refractivity contribution in [1.82, 2.24) is 0 Å². The second kappa shape index (κ2) is 10.7. The van der Waals surface area contributed by atoms with Gasteiger partial charge in [0.2, 0.25) is 0 Å². The lowest BCUT2D eigenvalue weighted by molar-refractivity contribution is -0.344. The van der Waals surface area contributed by atoms with E-state index in [2.05, 4.69) is 6.92 Å². The van der Waals surface area contributed by atoms with Crippen LogP contribution in [-0.2, 0) is 6.42 Å². The predicted octanol–water partition coefficient (Wildman–Crippen LogP) is 4.29. The van der Waals surface area contributed by atoms with Crippen molar-refractivity contribution in [3.05, 3.63) is 35.4 Å². The molecule has 0 amide bonds. The number of benzene rings is 1. The van der Waals surface area contributed by atoms with E-state index >= 15 is 0 Å². The molecule has 3 N–H and O–H groups in total. The van der Waals surface area contributed by atoms with Gasteiger partial charge < -0.3 is 15.3 Å². The van der Waals surface area contributed by atoms with E-state index in [0.29, 0.717) is 31.2 Å². The van der Waals surface area contributed by atoms with Gasteiger partial charge in [-0.05, 0) is 43.4 Å². The molecule has 0 aliphatic heterocycles. The molecular weight excluding hydrogens is 314 g/mol. The average molecular weight is 344 g/mol. The van der Waals surface area contributed by atoms with Crippen molar-refractivity contribution in [3.8, 4) is 0 Å². The fourth-order valence-corrected chi connectivity index (χ4v) is 2.95. The molecule has 0 aliphatic rings. The van der Waals surface area contributed by atoms with Gasteiger partial charge in [0, 0.05) is 5.92 Å². The van der Waals surface area contributed by atoms with Crippen molar-refractivity contribution >= 4 is 0 Å². The molecule has 0 bridgehead atoms. The SMILES string of the molecule is CCCCCCCCC(CCCc1ccc(F)c(F)c1)C(O)(O)O. The maximum Gasteiger partial charge on any atom is 0.278 e. The molecule has 1 aromatic rings. The number of aliphatic hydroxyl groups is 3. The van der Waals surface area contributed by atoms with Gasteiger partial charge in [0.15, 0.2) is 11.6 Å². The highest BCUT2D eigenvalue weighted by molar-refractivity contribution is 5.17. The maximum atomic E-state index is 13.2. The minimum absolute atomic E-state index is 0.414. The Morgan fingerprint density at radius 2 is 1.50 bits per heavy atom. The number of hydrogen-bond donors (Lipinski definition) is 3. The van der Waals surface area contributed by atoms with Gasteiger partial charge in [-0.3, -0.25) is 0 Å². The largest absolute Gasteiger partial charge is 0.343 e. The first-order valence-electron chi connectivity index (χ1n) is 8.95. The van der Waals surface area contributed by atoms with E-state index in [4.69, 9.17) is 0 Å². The standard InChI is InChI=1S/C19H30F2O3/c1-2-3-4-5-6-7-10-16(19(22,23)24)11-8-9-15-12-13-17(20)18(21)14-15/h12-14,16,22-24H,2-11H2,1H3. The number of halogens is 2. The topological polar surface area (TPSA) is 60.7 Å². The fourth-order valence-electron chi connectivity index (χ4n) is 2.95. The van der Waals surface area contributed by atoms with Crippen molar-refractivity contribution in [2.45, 2.75) is 77.1 Å². The summed E-state index contributed by atoms with van der Waals surface area (Å²) in [5.74, 6) is -5.07. The van der Waals surface area contributed by atoms with Gasteiger partial charge >= 0.3 is 0 Å².